The predicted octanol–water partition coefficient (Wildman–Crippen LogP) is 0.808. The average molecular weight is 197 g/mol. The molecule has 0 aliphatic rings. The normalized spacial score (nSPS) is 15.4. The Labute approximate surface area is 85.0 Å². The van der Waals surface area contributed by atoms with Crippen LogP contribution in [0.15, 0.2) is 12.4 Å². The lowest BCUT2D eigenvalue weighted by Crippen LogP contribution is -2.35. The van der Waals surface area contributed by atoms with Gasteiger partial charge in [0, 0.05) is 25.9 Å². The molecular formula is C10H19N3O. The fourth-order valence-corrected chi connectivity index (χ4v) is 1.30. The number of hydrogen-bond donors (Lipinski definition) is 1. The molecule has 1 heterocycles. The second-order valence-electron chi connectivity index (χ2n) is 3.51. The van der Waals surface area contributed by atoms with Gasteiger partial charge in [0.2, 0.25) is 0 Å². The smallest absolute Gasteiger partial charge is 0.0697 e. The lowest BCUT2D eigenvalue weighted by Gasteiger charge is -2.17. The van der Waals surface area contributed by atoms with E-state index in [1.54, 1.807) is 7.11 Å². The zero-order valence-electron chi connectivity index (χ0n) is 9.10. The van der Waals surface area contributed by atoms with Gasteiger partial charge in [-0.25, -0.2) is 0 Å². The largest absolute Gasteiger partial charge is 0.380 e. The van der Waals surface area contributed by atoms with Gasteiger partial charge in [-0.2, -0.15) is 5.10 Å². The molecule has 1 rings (SSSR count). The van der Waals surface area contributed by atoms with E-state index in [0.717, 1.165) is 13.0 Å². The van der Waals surface area contributed by atoms with Crippen LogP contribution >= 0.6 is 0 Å². The number of nitrogens with zero attached hydrogens (tertiary/aromatic N) is 2. The lowest BCUT2D eigenvalue weighted by molar-refractivity contribution is 0.0956. The van der Waals surface area contributed by atoms with Crippen LogP contribution in [0.5, 0.6) is 0 Å². The molecule has 0 aliphatic carbocycles. The third-order valence-electron chi connectivity index (χ3n) is 2.46. The lowest BCUT2D eigenvalue weighted by atomic mass is 10.1. The van der Waals surface area contributed by atoms with E-state index >= 15 is 0 Å². The van der Waals surface area contributed by atoms with Crippen LogP contribution in [0.4, 0.5) is 0 Å². The maximum absolute atomic E-state index is 5.95. The molecule has 4 nitrogen and oxygen atoms in total. The maximum Gasteiger partial charge on any atom is 0.0697 e. The van der Waals surface area contributed by atoms with Crippen molar-refractivity contribution in [3.05, 3.63) is 18.0 Å². The van der Waals surface area contributed by atoms with E-state index in [2.05, 4.69) is 12.0 Å². The molecule has 0 bridgehead atoms. The number of nitrogens with two attached hydrogens (primary N) is 1. The van der Waals surface area contributed by atoms with Crippen molar-refractivity contribution in [3.8, 4) is 0 Å². The molecule has 0 saturated carbocycles. The Bertz CT molecular complexity index is 272. The monoisotopic (exact) mass is 197 g/mol. The van der Waals surface area contributed by atoms with Gasteiger partial charge in [0.25, 0.3) is 0 Å². The van der Waals surface area contributed by atoms with Crippen LogP contribution in [-0.2, 0) is 17.7 Å². The van der Waals surface area contributed by atoms with Crippen LogP contribution in [-0.4, -0.2) is 29.0 Å². The molecule has 1 aromatic rings. The van der Waals surface area contributed by atoms with Crippen molar-refractivity contribution in [3.63, 3.8) is 0 Å². The van der Waals surface area contributed by atoms with Gasteiger partial charge in [0.15, 0.2) is 0 Å². The summed E-state index contributed by atoms with van der Waals surface area (Å²) in [7, 11) is 1.68. The molecule has 14 heavy (non-hydrogen) atoms. The van der Waals surface area contributed by atoms with Gasteiger partial charge in [0.05, 0.1) is 12.3 Å². The summed E-state index contributed by atoms with van der Waals surface area (Å²) < 4.78 is 7.07. The summed E-state index contributed by atoms with van der Waals surface area (Å²) >= 11 is 0. The van der Waals surface area contributed by atoms with Gasteiger partial charge in [-0.1, -0.05) is 0 Å². The van der Waals surface area contributed by atoms with Gasteiger partial charge in [-0.15, -0.1) is 0 Å². The molecule has 2 atom stereocenters. The van der Waals surface area contributed by atoms with Crippen molar-refractivity contribution >= 4 is 0 Å². The molecule has 4 heteroatoms. The number of aromatic nitrogens is 2. The van der Waals surface area contributed by atoms with Crippen LogP contribution in [0.3, 0.4) is 0 Å². The Morgan fingerprint density at radius 1 is 1.64 bits per heavy atom. The van der Waals surface area contributed by atoms with E-state index in [1.165, 1.54) is 5.56 Å². The van der Waals surface area contributed by atoms with E-state index < -0.39 is 0 Å². The zero-order valence-corrected chi connectivity index (χ0v) is 9.10. The van der Waals surface area contributed by atoms with Crippen LogP contribution < -0.4 is 5.73 Å². The van der Waals surface area contributed by atoms with Crippen LogP contribution in [0.25, 0.3) is 0 Å². The quantitative estimate of drug-likeness (QED) is 0.760. The minimum Gasteiger partial charge on any atom is -0.380 e. The zero-order chi connectivity index (χ0) is 10.6. The number of methoxy groups -OCH3 is 1. The Morgan fingerprint density at radius 3 is 2.86 bits per heavy atom. The number of rotatable bonds is 5. The van der Waals surface area contributed by atoms with Gasteiger partial charge in [-0.05, 0) is 25.8 Å². The molecule has 1 aromatic heterocycles. The first-order valence-electron chi connectivity index (χ1n) is 4.97. The summed E-state index contributed by atoms with van der Waals surface area (Å²) in [6.07, 6.45) is 4.79. The number of ether oxygens (including phenoxy) is 1. The molecule has 0 spiro atoms. The van der Waals surface area contributed by atoms with Crippen LogP contribution in [0.2, 0.25) is 0 Å². The topological polar surface area (TPSA) is 53.1 Å². The molecule has 2 unspecified atom stereocenters. The third kappa shape index (κ3) is 2.82. The van der Waals surface area contributed by atoms with Gasteiger partial charge < -0.3 is 10.5 Å². The molecule has 0 radical (unpaired) electrons. The Morgan fingerprint density at radius 2 is 2.36 bits per heavy atom. The summed E-state index contributed by atoms with van der Waals surface area (Å²) in [5, 5.41) is 4.19. The highest BCUT2D eigenvalue weighted by Crippen LogP contribution is 2.05. The predicted molar refractivity (Wildman–Crippen MR) is 56.1 cm³/mol. The minimum absolute atomic E-state index is 0.0366. The molecular weight excluding hydrogens is 178 g/mol. The van der Waals surface area contributed by atoms with Crippen molar-refractivity contribution in [2.24, 2.45) is 5.73 Å². The van der Waals surface area contributed by atoms with Crippen LogP contribution in [0, 0.1) is 0 Å². The fourth-order valence-electron chi connectivity index (χ4n) is 1.30. The highest BCUT2D eigenvalue weighted by molar-refractivity contribution is 5.06. The molecule has 0 fully saturated rings. The molecule has 0 aromatic carbocycles. The maximum atomic E-state index is 5.95. The van der Waals surface area contributed by atoms with E-state index in [4.69, 9.17) is 10.5 Å². The number of aryl methyl sites for hydroxylation is 1. The minimum atomic E-state index is 0.0366. The van der Waals surface area contributed by atoms with Crippen molar-refractivity contribution < 1.29 is 4.74 Å². The SMILES string of the molecule is CCn1cc(CC(N)C(C)OC)cn1. The van der Waals surface area contributed by atoms with E-state index in [0.29, 0.717) is 0 Å². The Balaban J connectivity index is 2.51. The highest BCUT2D eigenvalue weighted by Gasteiger charge is 2.12. The van der Waals surface area contributed by atoms with E-state index in [1.807, 2.05) is 24.0 Å². The molecule has 80 valence electrons. The van der Waals surface area contributed by atoms with E-state index in [-0.39, 0.29) is 12.1 Å². The average Bonchev–Trinajstić information content (AvgIpc) is 2.64. The Hall–Kier alpha value is -0.870. The molecule has 0 saturated heterocycles. The summed E-state index contributed by atoms with van der Waals surface area (Å²) in [6, 6.07) is 0.0366. The van der Waals surface area contributed by atoms with Crippen molar-refractivity contribution in [1.82, 2.24) is 9.78 Å². The number of hydrogen-bond acceptors (Lipinski definition) is 3. The molecule has 2 N–H and O–H groups in total. The fraction of sp³-hybridized carbons (Fsp3) is 0.700. The second kappa shape index (κ2) is 5.12. The summed E-state index contributed by atoms with van der Waals surface area (Å²) in [4.78, 5) is 0. The standard InChI is InChI=1S/C10H19N3O/c1-4-13-7-9(6-12-13)5-10(11)8(2)14-3/h6-8,10H,4-5,11H2,1-3H3. The first-order valence-corrected chi connectivity index (χ1v) is 4.97. The highest BCUT2D eigenvalue weighted by atomic mass is 16.5. The van der Waals surface area contributed by atoms with Crippen LogP contribution in [0.1, 0.15) is 19.4 Å². The van der Waals surface area contributed by atoms with Gasteiger partial charge >= 0.3 is 0 Å². The first kappa shape index (κ1) is 11.2. The third-order valence-corrected chi connectivity index (χ3v) is 2.46. The first-order chi connectivity index (χ1) is 6.67. The van der Waals surface area contributed by atoms with Crippen molar-refractivity contribution in [2.45, 2.75) is 39.0 Å². The molecule has 0 amide bonds. The molecule has 0 aliphatic heterocycles. The summed E-state index contributed by atoms with van der Waals surface area (Å²) in [6.45, 7) is 4.94. The van der Waals surface area contributed by atoms with Crippen molar-refractivity contribution in [2.75, 3.05) is 7.11 Å². The van der Waals surface area contributed by atoms with Gasteiger partial charge in [0.1, 0.15) is 0 Å². The summed E-state index contributed by atoms with van der Waals surface area (Å²) in [5.74, 6) is 0. The second-order valence-corrected chi connectivity index (χ2v) is 3.51. The van der Waals surface area contributed by atoms with Gasteiger partial charge in [-0.3, -0.25) is 4.68 Å². The summed E-state index contributed by atoms with van der Waals surface area (Å²) in [5.41, 5.74) is 7.12. The Kier molecular flexibility index (Phi) is 4.10. The van der Waals surface area contributed by atoms with E-state index in [9.17, 15) is 0 Å². The van der Waals surface area contributed by atoms with Crippen molar-refractivity contribution in [1.29, 1.82) is 0 Å².